The third-order valence-electron chi connectivity index (χ3n) is 4.16. The van der Waals surface area contributed by atoms with Gasteiger partial charge in [-0.1, -0.05) is 12.1 Å². The summed E-state index contributed by atoms with van der Waals surface area (Å²) in [5.74, 6) is 0.740. The third kappa shape index (κ3) is 2.71. The van der Waals surface area contributed by atoms with Crippen LogP contribution >= 0.6 is 11.3 Å². The molecule has 124 valence electrons. The maximum atomic E-state index is 12.5. The lowest BCUT2D eigenvalue weighted by Crippen LogP contribution is -2.36. The molecule has 4 rings (SSSR count). The van der Waals surface area contributed by atoms with Gasteiger partial charge in [-0.25, -0.2) is 4.98 Å². The summed E-state index contributed by atoms with van der Waals surface area (Å²) in [5, 5.41) is 6.87. The Morgan fingerprint density at radius 3 is 3.21 bits per heavy atom. The second-order valence-corrected chi connectivity index (χ2v) is 6.58. The number of furan rings is 1. The molecular formula is C17H17N3O3S. The summed E-state index contributed by atoms with van der Waals surface area (Å²) in [6.45, 7) is 1.66. The lowest BCUT2D eigenvalue weighted by molar-refractivity contribution is 0.0914. The molecule has 0 radical (unpaired) electrons. The minimum atomic E-state index is -0.195. The Bertz CT molecular complexity index is 859. The van der Waals surface area contributed by atoms with Crippen molar-refractivity contribution < 1.29 is 13.9 Å². The smallest absolute Gasteiger partial charge is 0.287 e. The quantitative estimate of drug-likeness (QED) is 0.789. The molecule has 1 amide bonds. The van der Waals surface area contributed by atoms with Crippen molar-refractivity contribution in [1.29, 1.82) is 0 Å². The maximum Gasteiger partial charge on any atom is 0.287 e. The van der Waals surface area contributed by atoms with Crippen molar-refractivity contribution in [1.82, 2.24) is 10.3 Å². The molecule has 3 heterocycles. The molecule has 7 heteroatoms. The molecule has 0 unspecified atom stereocenters. The van der Waals surface area contributed by atoms with E-state index in [2.05, 4.69) is 15.2 Å². The van der Waals surface area contributed by atoms with Crippen LogP contribution in [0.25, 0.3) is 11.0 Å². The molecule has 1 aliphatic heterocycles. The highest BCUT2D eigenvalue weighted by Gasteiger charge is 2.26. The van der Waals surface area contributed by atoms with Crippen LogP contribution in [0.3, 0.4) is 0 Å². The van der Waals surface area contributed by atoms with Gasteiger partial charge in [0, 0.05) is 36.1 Å². The molecule has 3 aromatic rings. The minimum Gasteiger partial charge on any atom is -0.493 e. The van der Waals surface area contributed by atoms with Crippen molar-refractivity contribution in [2.75, 3.05) is 25.1 Å². The molecule has 0 saturated carbocycles. The van der Waals surface area contributed by atoms with Crippen LogP contribution in [-0.4, -0.2) is 37.1 Å². The molecule has 1 aliphatic rings. The van der Waals surface area contributed by atoms with Crippen LogP contribution in [0.5, 0.6) is 5.75 Å². The van der Waals surface area contributed by atoms with Gasteiger partial charge in [0.2, 0.25) is 0 Å². The highest BCUT2D eigenvalue weighted by atomic mass is 32.1. The van der Waals surface area contributed by atoms with Gasteiger partial charge in [-0.2, -0.15) is 0 Å². The Balaban J connectivity index is 1.47. The summed E-state index contributed by atoms with van der Waals surface area (Å²) in [4.78, 5) is 19.0. The van der Waals surface area contributed by atoms with Gasteiger partial charge in [0.05, 0.1) is 7.11 Å². The van der Waals surface area contributed by atoms with Gasteiger partial charge in [0.15, 0.2) is 22.2 Å². The molecule has 6 nitrogen and oxygen atoms in total. The molecule has 2 aromatic heterocycles. The number of nitrogens with one attached hydrogen (secondary N) is 1. The fraction of sp³-hybridized carbons (Fsp3) is 0.294. The average molecular weight is 343 g/mol. The van der Waals surface area contributed by atoms with Crippen LogP contribution in [0.2, 0.25) is 0 Å². The van der Waals surface area contributed by atoms with E-state index >= 15 is 0 Å². The van der Waals surface area contributed by atoms with Crippen molar-refractivity contribution in [3.63, 3.8) is 0 Å². The van der Waals surface area contributed by atoms with Gasteiger partial charge >= 0.3 is 0 Å². The number of nitrogens with zero attached hydrogens (tertiary/aromatic N) is 2. The second kappa shape index (κ2) is 6.16. The third-order valence-corrected chi connectivity index (χ3v) is 5.00. The predicted molar refractivity (Wildman–Crippen MR) is 93.0 cm³/mol. The number of amides is 1. The number of hydrogen-bond donors (Lipinski definition) is 1. The average Bonchev–Trinajstić information content (AvgIpc) is 3.33. The molecule has 24 heavy (non-hydrogen) atoms. The van der Waals surface area contributed by atoms with Gasteiger partial charge in [-0.3, -0.25) is 4.79 Å². The van der Waals surface area contributed by atoms with E-state index < -0.39 is 0 Å². The van der Waals surface area contributed by atoms with Gasteiger partial charge in [0.25, 0.3) is 5.91 Å². The highest BCUT2D eigenvalue weighted by Crippen LogP contribution is 2.28. The van der Waals surface area contributed by atoms with Crippen molar-refractivity contribution in [3.8, 4) is 5.75 Å². The first-order valence-electron chi connectivity index (χ1n) is 7.76. The summed E-state index contributed by atoms with van der Waals surface area (Å²) < 4.78 is 11.0. The van der Waals surface area contributed by atoms with Gasteiger partial charge in [-0.05, 0) is 18.6 Å². The van der Waals surface area contributed by atoms with E-state index in [0.717, 1.165) is 30.0 Å². The second-order valence-electron chi connectivity index (χ2n) is 5.71. The first-order valence-corrected chi connectivity index (χ1v) is 8.64. The van der Waals surface area contributed by atoms with Crippen molar-refractivity contribution in [3.05, 3.63) is 41.6 Å². The Morgan fingerprint density at radius 2 is 2.42 bits per heavy atom. The Hall–Kier alpha value is -2.54. The van der Waals surface area contributed by atoms with Crippen molar-refractivity contribution >= 4 is 33.3 Å². The Morgan fingerprint density at radius 1 is 1.50 bits per heavy atom. The van der Waals surface area contributed by atoms with E-state index in [1.54, 1.807) is 30.7 Å². The number of hydrogen-bond acceptors (Lipinski definition) is 6. The molecule has 1 N–H and O–H groups in total. The number of para-hydroxylation sites is 1. The molecular weight excluding hydrogens is 326 g/mol. The van der Waals surface area contributed by atoms with Crippen LogP contribution in [0.4, 0.5) is 5.13 Å². The van der Waals surface area contributed by atoms with Crippen LogP contribution in [-0.2, 0) is 0 Å². The largest absolute Gasteiger partial charge is 0.493 e. The molecule has 1 fully saturated rings. The molecule has 0 spiro atoms. The first-order chi connectivity index (χ1) is 11.7. The lowest BCUT2D eigenvalue weighted by atomic mass is 10.2. The summed E-state index contributed by atoms with van der Waals surface area (Å²) >= 11 is 1.61. The first kappa shape index (κ1) is 15.0. The van der Waals surface area contributed by atoms with Crippen LogP contribution < -0.4 is 15.0 Å². The Labute approximate surface area is 143 Å². The maximum absolute atomic E-state index is 12.5. The summed E-state index contributed by atoms with van der Waals surface area (Å²) in [5.41, 5.74) is 0.598. The number of ether oxygens (including phenoxy) is 1. The van der Waals surface area contributed by atoms with E-state index in [0.29, 0.717) is 17.1 Å². The van der Waals surface area contributed by atoms with E-state index in [1.165, 1.54) is 0 Å². The molecule has 0 aliphatic carbocycles. The topological polar surface area (TPSA) is 67.6 Å². The SMILES string of the molecule is COc1cccc2cc(C(=O)N[C@H]3CCN(c4nccs4)C3)oc12. The van der Waals surface area contributed by atoms with Crippen LogP contribution in [0.1, 0.15) is 17.0 Å². The number of methoxy groups -OCH3 is 1. The van der Waals surface area contributed by atoms with Crippen LogP contribution in [0.15, 0.2) is 40.3 Å². The summed E-state index contributed by atoms with van der Waals surface area (Å²) in [7, 11) is 1.59. The zero-order valence-electron chi connectivity index (χ0n) is 13.2. The van der Waals surface area contributed by atoms with Gasteiger partial charge in [-0.15, -0.1) is 11.3 Å². The monoisotopic (exact) mass is 343 g/mol. The van der Waals surface area contributed by atoms with Crippen LogP contribution in [0, 0.1) is 0 Å². The number of thiazole rings is 1. The zero-order chi connectivity index (χ0) is 16.5. The summed E-state index contributed by atoms with van der Waals surface area (Å²) in [6, 6.07) is 7.44. The van der Waals surface area contributed by atoms with Gasteiger partial charge < -0.3 is 19.4 Å². The zero-order valence-corrected chi connectivity index (χ0v) is 14.0. The molecule has 1 saturated heterocycles. The number of benzene rings is 1. The summed E-state index contributed by atoms with van der Waals surface area (Å²) in [6.07, 6.45) is 2.70. The fourth-order valence-electron chi connectivity index (χ4n) is 2.99. The molecule has 1 atom stereocenters. The van der Waals surface area contributed by atoms with E-state index in [9.17, 15) is 4.79 Å². The predicted octanol–water partition coefficient (Wildman–Crippen LogP) is 2.91. The highest BCUT2D eigenvalue weighted by molar-refractivity contribution is 7.13. The van der Waals surface area contributed by atoms with E-state index in [-0.39, 0.29) is 11.9 Å². The standard InChI is InChI=1S/C17H17N3O3S/c1-22-13-4-2-3-11-9-14(23-15(11)13)16(21)19-12-5-7-20(10-12)17-18-6-8-24-17/h2-4,6,8-9,12H,5,7,10H2,1H3,(H,19,21)/t12-/m0/s1. The van der Waals surface area contributed by atoms with E-state index in [4.69, 9.17) is 9.15 Å². The number of anilines is 1. The number of fused-ring (bicyclic) bond motifs is 1. The fourth-order valence-corrected chi connectivity index (χ4v) is 3.67. The number of carbonyl (C=O) groups excluding carboxylic acids is 1. The van der Waals surface area contributed by atoms with E-state index in [1.807, 2.05) is 23.6 Å². The lowest BCUT2D eigenvalue weighted by Gasteiger charge is -2.15. The van der Waals surface area contributed by atoms with Crippen molar-refractivity contribution in [2.24, 2.45) is 0 Å². The number of aromatic nitrogens is 1. The minimum absolute atomic E-state index is 0.0940. The van der Waals surface area contributed by atoms with Gasteiger partial charge in [0.1, 0.15) is 0 Å². The normalized spacial score (nSPS) is 17.4. The molecule has 0 bridgehead atoms. The number of carbonyl (C=O) groups is 1. The molecule has 1 aromatic carbocycles. The Kier molecular flexibility index (Phi) is 3.86. The number of rotatable bonds is 4. The van der Waals surface area contributed by atoms with Crippen molar-refractivity contribution in [2.45, 2.75) is 12.5 Å².